The minimum absolute atomic E-state index is 0.285. The molecule has 2 aromatic heterocycles. The van der Waals surface area contributed by atoms with Crippen LogP contribution >= 0.6 is 23.2 Å². The molecule has 0 aliphatic heterocycles. The largest absolute Gasteiger partial charge is 0.461 e. The Hall–Kier alpha value is -2.05. The molecule has 0 saturated carbocycles. The Kier molecular flexibility index (Phi) is 3.58. The van der Waals surface area contributed by atoms with Gasteiger partial charge in [0.15, 0.2) is 0 Å². The fourth-order valence-electron chi connectivity index (χ4n) is 1.67. The van der Waals surface area contributed by atoms with E-state index in [1.165, 1.54) is 0 Å². The highest BCUT2D eigenvalue weighted by Gasteiger charge is 2.08. The van der Waals surface area contributed by atoms with Gasteiger partial charge in [0.1, 0.15) is 11.5 Å². The SMILES string of the molecule is Clc1ccc(-c2ccc(C[N-]c3nn[nH]n3)o2)c(Cl)c1. The topological polar surface area (TPSA) is 81.7 Å². The number of hydrogen-bond acceptors (Lipinski definition) is 4. The molecule has 102 valence electrons. The lowest BCUT2D eigenvalue weighted by Gasteiger charge is -2.04. The van der Waals surface area contributed by atoms with Crippen LogP contribution in [0.4, 0.5) is 5.95 Å². The summed E-state index contributed by atoms with van der Waals surface area (Å²) in [6.45, 7) is 0.324. The molecular weight excluding hydrogens is 301 g/mol. The standard InChI is InChI=1S/C12H8Cl2N5O/c13-7-1-3-9(10(14)5-7)11-4-2-8(20-11)6-15-12-16-18-19-17-12/h1-5H,6H2,(H-,15,16,17,18,19)/q-1. The Morgan fingerprint density at radius 2 is 2.10 bits per heavy atom. The molecular formula is C12H8Cl2N5O-. The van der Waals surface area contributed by atoms with E-state index in [0.29, 0.717) is 28.1 Å². The molecule has 0 aliphatic carbocycles. The van der Waals surface area contributed by atoms with E-state index in [1.54, 1.807) is 12.1 Å². The Morgan fingerprint density at radius 1 is 1.20 bits per heavy atom. The van der Waals surface area contributed by atoms with Crippen LogP contribution in [-0.4, -0.2) is 20.6 Å². The summed E-state index contributed by atoms with van der Waals surface area (Å²) in [5, 5.41) is 18.4. The number of hydrogen-bond donors (Lipinski definition) is 1. The van der Waals surface area contributed by atoms with Crippen LogP contribution in [-0.2, 0) is 6.54 Å². The molecule has 0 aliphatic rings. The van der Waals surface area contributed by atoms with E-state index in [0.717, 1.165) is 5.56 Å². The maximum absolute atomic E-state index is 6.13. The number of benzene rings is 1. The molecule has 8 heteroatoms. The van der Waals surface area contributed by atoms with Crippen molar-refractivity contribution in [3.8, 4) is 11.3 Å². The third-order valence-electron chi connectivity index (χ3n) is 2.57. The van der Waals surface area contributed by atoms with Crippen molar-refractivity contribution in [1.29, 1.82) is 0 Å². The van der Waals surface area contributed by atoms with Crippen molar-refractivity contribution in [3.05, 3.63) is 51.5 Å². The molecule has 3 rings (SSSR count). The number of nitrogens with one attached hydrogen (secondary N) is 1. The maximum atomic E-state index is 6.13. The van der Waals surface area contributed by atoms with Crippen molar-refractivity contribution in [3.63, 3.8) is 0 Å². The van der Waals surface area contributed by atoms with Crippen LogP contribution in [0, 0.1) is 0 Å². The van der Waals surface area contributed by atoms with Crippen LogP contribution in [0.2, 0.25) is 10.0 Å². The quantitative estimate of drug-likeness (QED) is 0.790. The second-order valence-corrected chi connectivity index (χ2v) is 4.76. The van der Waals surface area contributed by atoms with E-state index in [2.05, 4.69) is 25.9 Å². The lowest BCUT2D eigenvalue weighted by molar-refractivity contribution is 0.534. The Bertz CT molecular complexity index is 710. The lowest BCUT2D eigenvalue weighted by Crippen LogP contribution is -1.80. The summed E-state index contributed by atoms with van der Waals surface area (Å²) in [6.07, 6.45) is 0. The van der Waals surface area contributed by atoms with Gasteiger partial charge in [-0.2, -0.15) is 0 Å². The van der Waals surface area contributed by atoms with Crippen molar-refractivity contribution < 1.29 is 4.42 Å². The first-order valence-electron chi connectivity index (χ1n) is 5.67. The first-order chi connectivity index (χ1) is 9.72. The van der Waals surface area contributed by atoms with Crippen LogP contribution in [0.5, 0.6) is 0 Å². The van der Waals surface area contributed by atoms with E-state index in [9.17, 15) is 0 Å². The van der Waals surface area contributed by atoms with Gasteiger partial charge in [-0.15, -0.1) is 5.21 Å². The molecule has 0 unspecified atom stereocenters. The minimum atomic E-state index is 0.285. The van der Waals surface area contributed by atoms with Crippen LogP contribution in [0.3, 0.4) is 0 Å². The fraction of sp³-hybridized carbons (Fsp3) is 0.0833. The zero-order valence-electron chi connectivity index (χ0n) is 10.0. The molecule has 0 bridgehead atoms. The number of H-pyrrole nitrogens is 1. The molecule has 0 spiro atoms. The first kappa shape index (κ1) is 13.0. The van der Waals surface area contributed by atoms with Crippen LogP contribution < -0.4 is 0 Å². The third-order valence-corrected chi connectivity index (χ3v) is 3.12. The van der Waals surface area contributed by atoms with Gasteiger partial charge in [-0.1, -0.05) is 23.2 Å². The van der Waals surface area contributed by atoms with E-state index in [1.807, 2.05) is 18.2 Å². The van der Waals surface area contributed by atoms with E-state index in [-0.39, 0.29) is 5.95 Å². The average molecular weight is 309 g/mol. The Morgan fingerprint density at radius 3 is 2.85 bits per heavy atom. The second kappa shape index (κ2) is 5.52. The first-order valence-corrected chi connectivity index (χ1v) is 6.43. The van der Waals surface area contributed by atoms with Gasteiger partial charge in [-0.3, -0.25) is 15.4 Å². The van der Waals surface area contributed by atoms with E-state index < -0.39 is 0 Å². The highest BCUT2D eigenvalue weighted by molar-refractivity contribution is 6.36. The lowest BCUT2D eigenvalue weighted by atomic mass is 10.2. The summed E-state index contributed by atoms with van der Waals surface area (Å²) in [7, 11) is 0. The summed E-state index contributed by atoms with van der Waals surface area (Å²) >= 11 is 12.0. The van der Waals surface area contributed by atoms with E-state index >= 15 is 0 Å². The molecule has 0 fully saturated rings. The zero-order chi connectivity index (χ0) is 13.9. The maximum Gasteiger partial charge on any atom is 0.135 e. The van der Waals surface area contributed by atoms with Crippen molar-refractivity contribution in [2.24, 2.45) is 0 Å². The fourth-order valence-corrected chi connectivity index (χ4v) is 2.17. The van der Waals surface area contributed by atoms with Gasteiger partial charge in [0.05, 0.1) is 11.0 Å². The number of furan rings is 1. The molecule has 0 saturated heterocycles. The highest BCUT2D eigenvalue weighted by atomic mass is 35.5. The molecule has 6 nitrogen and oxygen atoms in total. The average Bonchev–Trinajstić information content (AvgIpc) is 3.07. The highest BCUT2D eigenvalue weighted by Crippen LogP contribution is 2.32. The number of aromatic nitrogens is 4. The van der Waals surface area contributed by atoms with Crippen LogP contribution in [0.15, 0.2) is 34.7 Å². The predicted molar refractivity (Wildman–Crippen MR) is 75.1 cm³/mol. The van der Waals surface area contributed by atoms with Gasteiger partial charge in [0, 0.05) is 17.1 Å². The number of tetrazole rings is 1. The number of halogens is 2. The Labute approximate surface area is 124 Å². The number of aromatic amines is 1. The molecule has 1 aromatic carbocycles. The summed E-state index contributed by atoms with van der Waals surface area (Å²) < 4.78 is 5.68. The third kappa shape index (κ3) is 2.76. The number of nitrogens with zero attached hydrogens (tertiary/aromatic N) is 4. The van der Waals surface area contributed by atoms with E-state index in [4.69, 9.17) is 27.6 Å². The monoisotopic (exact) mass is 308 g/mol. The summed E-state index contributed by atoms with van der Waals surface area (Å²) in [5.41, 5.74) is 0.780. The Balaban J connectivity index is 1.76. The molecule has 1 N–H and O–H groups in total. The normalized spacial score (nSPS) is 10.7. The molecule has 3 aromatic rings. The van der Waals surface area contributed by atoms with Crippen molar-refractivity contribution in [2.45, 2.75) is 6.54 Å². The van der Waals surface area contributed by atoms with Gasteiger partial charge < -0.3 is 9.73 Å². The van der Waals surface area contributed by atoms with Gasteiger partial charge in [0.25, 0.3) is 0 Å². The van der Waals surface area contributed by atoms with Crippen molar-refractivity contribution in [2.75, 3.05) is 0 Å². The van der Waals surface area contributed by atoms with Crippen LogP contribution in [0.25, 0.3) is 16.6 Å². The second-order valence-electron chi connectivity index (χ2n) is 3.92. The van der Waals surface area contributed by atoms with Crippen molar-refractivity contribution >= 4 is 29.2 Å². The predicted octanol–water partition coefficient (Wildman–Crippen LogP) is 3.97. The van der Waals surface area contributed by atoms with Gasteiger partial charge in [-0.05, 0) is 30.3 Å². The molecule has 0 radical (unpaired) electrons. The van der Waals surface area contributed by atoms with Gasteiger partial charge in [0.2, 0.25) is 0 Å². The molecule has 0 amide bonds. The molecule has 20 heavy (non-hydrogen) atoms. The molecule has 0 atom stereocenters. The number of rotatable bonds is 4. The summed E-state index contributed by atoms with van der Waals surface area (Å²) in [4.78, 5) is 0. The van der Waals surface area contributed by atoms with Crippen molar-refractivity contribution in [1.82, 2.24) is 20.6 Å². The van der Waals surface area contributed by atoms with Gasteiger partial charge in [-0.25, -0.2) is 0 Å². The summed E-state index contributed by atoms with van der Waals surface area (Å²) in [5.74, 6) is 1.62. The minimum Gasteiger partial charge on any atom is -0.461 e. The van der Waals surface area contributed by atoms with Gasteiger partial charge >= 0.3 is 0 Å². The zero-order valence-corrected chi connectivity index (χ0v) is 11.6. The summed E-state index contributed by atoms with van der Waals surface area (Å²) in [6, 6.07) is 8.89. The van der Waals surface area contributed by atoms with Crippen LogP contribution in [0.1, 0.15) is 5.76 Å². The smallest absolute Gasteiger partial charge is 0.135 e. The molecule has 2 heterocycles.